The van der Waals surface area contributed by atoms with Crippen LogP contribution in [-0.2, 0) is 0 Å². The van der Waals surface area contributed by atoms with Gasteiger partial charge in [0, 0.05) is 12.1 Å². The van der Waals surface area contributed by atoms with Crippen molar-refractivity contribution in [1.29, 1.82) is 0 Å². The zero-order valence-corrected chi connectivity index (χ0v) is 9.13. The number of hydrogen-bond donors (Lipinski definition) is 2. The highest BCUT2D eigenvalue weighted by Gasteiger charge is 2.19. The number of terminal acetylenes is 1. The minimum atomic E-state index is 0.263. The van der Waals surface area contributed by atoms with Gasteiger partial charge in [0.15, 0.2) is 0 Å². The molecule has 0 aromatic carbocycles. The summed E-state index contributed by atoms with van der Waals surface area (Å²) in [6.45, 7) is 2.17. The van der Waals surface area contributed by atoms with E-state index >= 15 is 0 Å². The lowest BCUT2D eigenvalue weighted by Crippen LogP contribution is -2.42. The third-order valence-electron chi connectivity index (χ3n) is 2.99. The van der Waals surface area contributed by atoms with Crippen molar-refractivity contribution in [1.82, 2.24) is 5.32 Å². The molecule has 0 radical (unpaired) electrons. The summed E-state index contributed by atoms with van der Waals surface area (Å²) in [5, 5.41) is 3.54. The molecule has 0 heterocycles. The average Bonchev–Trinajstić information content (AvgIpc) is 2.20. The first-order valence-corrected chi connectivity index (χ1v) is 5.74. The first kappa shape index (κ1) is 11.6. The van der Waals surface area contributed by atoms with Crippen LogP contribution in [0.3, 0.4) is 0 Å². The second kappa shape index (κ2) is 6.06. The molecule has 0 aromatic heterocycles. The summed E-state index contributed by atoms with van der Waals surface area (Å²) in [5.74, 6) is 2.82. The molecule has 1 aliphatic carbocycles. The van der Waals surface area contributed by atoms with E-state index in [1.165, 1.54) is 12.8 Å². The highest BCUT2D eigenvalue weighted by atomic mass is 14.9. The zero-order valence-electron chi connectivity index (χ0n) is 9.13. The van der Waals surface area contributed by atoms with Gasteiger partial charge in [-0.3, -0.25) is 0 Å². The molecule has 80 valence electrons. The Balaban J connectivity index is 2.26. The predicted octanol–water partition coefficient (Wildman–Crippen LogP) is 1.65. The van der Waals surface area contributed by atoms with E-state index in [0.717, 1.165) is 25.7 Å². The standard InChI is InChI=1S/C12H22N2/c1-3-5-11(4-2)14-12-8-6-10(13)7-9-12/h2,10-12,14H,3,5-9,13H2,1H3. The summed E-state index contributed by atoms with van der Waals surface area (Å²) in [6, 6.07) is 1.28. The number of hydrogen-bond acceptors (Lipinski definition) is 2. The molecule has 0 aromatic rings. The van der Waals surface area contributed by atoms with Crippen molar-refractivity contribution in [2.75, 3.05) is 0 Å². The van der Waals surface area contributed by atoms with Crippen molar-refractivity contribution in [2.45, 2.75) is 63.6 Å². The first-order valence-electron chi connectivity index (χ1n) is 5.74. The predicted molar refractivity (Wildman–Crippen MR) is 60.9 cm³/mol. The van der Waals surface area contributed by atoms with Crippen LogP contribution in [0, 0.1) is 12.3 Å². The maximum absolute atomic E-state index is 5.85. The third-order valence-corrected chi connectivity index (χ3v) is 2.99. The Morgan fingerprint density at radius 1 is 1.43 bits per heavy atom. The molecular weight excluding hydrogens is 172 g/mol. The molecule has 1 fully saturated rings. The van der Waals surface area contributed by atoms with Crippen LogP contribution >= 0.6 is 0 Å². The molecule has 0 saturated heterocycles. The van der Waals surface area contributed by atoms with E-state index in [1.54, 1.807) is 0 Å². The molecule has 0 amide bonds. The van der Waals surface area contributed by atoms with Gasteiger partial charge in [-0.1, -0.05) is 19.3 Å². The lowest BCUT2D eigenvalue weighted by atomic mass is 9.91. The lowest BCUT2D eigenvalue weighted by molar-refractivity contribution is 0.326. The van der Waals surface area contributed by atoms with Crippen molar-refractivity contribution in [3.63, 3.8) is 0 Å². The van der Waals surface area contributed by atoms with Gasteiger partial charge in [-0.15, -0.1) is 6.42 Å². The normalized spacial score (nSPS) is 29.5. The van der Waals surface area contributed by atoms with E-state index in [2.05, 4.69) is 18.2 Å². The maximum atomic E-state index is 5.85. The Morgan fingerprint density at radius 3 is 2.57 bits per heavy atom. The fourth-order valence-corrected chi connectivity index (χ4v) is 2.07. The fourth-order valence-electron chi connectivity index (χ4n) is 2.07. The lowest BCUT2D eigenvalue weighted by Gasteiger charge is -2.29. The topological polar surface area (TPSA) is 38.0 Å². The van der Waals surface area contributed by atoms with Gasteiger partial charge in [0.25, 0.3) is 0 Å². The summed E-state index contributed by atoms with van der Waals surface area (Å²) in [4.78, 5) is 0. The highest BCUT2D eigenvalue weighted by molar-refractivity contribution is 5.00. The van der Waals surface area contributed by atoms with Crippen LogP contribution in [-0.4, -0.2) is 18.1 Å². The van der Waals surface area contributed by atoms with Crippen LogP contribution in [0.5, 0.6) is 0 Å². The van der Waals surface area contributed by atoms with Crippen LogP contribution in [0.4, 0.5) is 0 Å². The quantitative estimate of drug-likeness (QED) is 0.668. The Morgan fingerprint density at radius 2 is 2.07 bits per heavy atom. The molecule has 1 rings (SSSR count). The molecule has 0 aliphatic heterocycles. The van der Waals surface area contributed by atoms with Crippen molar-refractivity contribution in [3.05, 3.63) is 0 Å². The molecule has 14 heavy (non-hydrogen) atoms. The molecule has 0 spiro atoms. The van der Waals surface area contributed by atoms with Crippen LogP contribution in [0.1, 0.15) is 45.4 Å². The van der Waals surface area contributed by atoms with Crippen molar-refractivity contribution < 1.29 is 0 Å². The SMILES string of the molecule is C#CC(CCC)NC1CCC(N)CC1. The van der Waals surface area contributed by atoms with E-state index < -0.39 is 0 Å². The molecule has 1 unspecified atom stereocenters. The molecule has 1 saturated carbocycles. The van der Waals surface area contributed by atoms with Gasteiger partial charge in [0.05, 0.1) is 6.04 Å². The Labute approximate surface area is 87.6 Å². The summed E-state index contributed by atoms with van der Waals surface area (Å²) >= 11 is 0. The van der Waals surface area contributed by atoms with E-state index in [4.69, 9.17) is 12.2 Å². The van der Waals surface area contributed by atoms with Crippen molar-refractivity contribution in [3.8, 4) is 12.3 Å². The van der Waals surface area contributed by atoms with Gasteiger partial charge in [-0.05, 0) is 32.1 Å². The number of nitrogens with two attached hydrogens (primary N) is 1. The molecule has 2 nitrogen and oxygen atoms in total. The Hall–Kier alpha value is -0.520. The molecule has 2 heteroatoms. The second-order valence-electron chi connectivity index (χ2n) is 4.29. The minimum absolute atomic E-state index is 0.263. The smallest absolute Gasteiger partial charge is 0.0688 e. The molecule has 3 N–H and O–H groups in total. The van der Waals surface area contributed by atoms with Gasteiger partial charge >= 0.3 is 0 Å². The Bertz CT molecular complexity index is 187. The summed E-state index contributed by atoms with van der Waals surface area (Å²) in [5.41, 5.74) is 5.85. The van der Waals surface area contributed by atoms with Crippen molar-refractivity contribution >= 4 is 0 Å². The van der Waals surface area contributed by atoms with Gasteiger partial charge < -0.3 is 11.1 Å². The van der Waals surface area contributed by atoms with Gasteiger partial charge in [0.1, 0.15) is 0 Å². The minimum Gasteiger partial charge on any atom is -0.328 e. The van der Waals surface area contributed by atoms with E-state index in [-0.39, 0.29) is 6.04 Å². The largest absolute Gasteiger partial charge is 0.328 e. The Kier molecular flexibility index (Phi) is 5.00. The fraction of sp³-hybridized carbons (Fsp3) is 0.833. The van der Waals surface area contributed by atoms with E-state index in [9.17, 15) is 0 Å². The molecular formula is C12H22N2. The van der Waals surface area contributed by atoms with Crippen LogP contribution in [0.25, 0.3) is 0 Å². The van der Waals surface area contributed by atoms with Gasteiger partial charge in [-0.2, -0.15) is 0 Å². The number of nitrogens with one attached hydrogen (secondary N) is 1. The van der Waals surface area contributed by atoms with Gasteiger partial charge in [0.2, 0.25) is 0 Å². The monoisotopic (exact) mass is 194 g/mol. The van der Waals surface area contributed by atoms with E-state index in [1.807, 2.05) is 0 Å². The second-order valence-corrected chi connectivity index (χ2v) is 4.29. The summed E-state index contributed by atoms with van der Waals surface area (Å²) in [7, 11) is 0. The molecule has 1 atom stereocenters. The zero-order chi connectivity index (χ0) is 10.4. The van der Waals surface area contributed by atoms with E-state index in [0.29, 0.717) is 12.1 Å². The van der Waals surface area contributed by atoms with Crippen LogP contribution in [0.2, 0.25) is 0 Å². The first-order chi connectivity index (χ1) is 6.76. The molecule has 1 aliphatic rings. The van der Waals surface area contributed by atoms with Gasteiger partial charge in [-0.25, -0.2) is 0 Å². The summed E-state index contributed by atoms with van der Waals surface area (Å²) in [6.07, 6.45) is 12.3. The highest BCUT2D eigenvalue weighted by Crippen LogP contribution is 2.17. The van der Waals surface area contributed by atoms with Crippen molar-refractivity contribution in [2.24, 2.45) is 5.73 Å². The summed E-state index contributed by atoms with van der Waals surface area (Å²) < 4.78 is 0. The number of rotatable bonds is 4. The third kappa shape index (κ3) is 3.69. The maximum Gasteiger partial charge on any atom is 0.0688 e. The van der Waals surface area contributed by atoms with Crippen LogP contribution < -0.4 is 11.1 Å². The molecule has 0 bridgehead atoms. The average molecular weight is 194 g/mol. The van der Waals surface area contributed by atoms with Crippen LogP contribution in [0.15, 0.2) is 0 Å².